The van der Waals surface area contributed by atoms with Gasteiger partial charge in [0.05, 0.1) is 76.5 Å². The second-order valence-electron chi connectivity index (χ2n) is 33.6. The molecular weight excluding hydrogens is 1430 g/mol. The minimum atomic E-state index is -0.319. The first kappa shape index (κ1) is 108. The second-order valence-corrected chi connectivity index (χ2v) is 34.7. The van der Waals surface area contributed by atoms with Gasteiger partial charge in [0.1, 0.15) is 31.9 Å². The van der Waals surface area contributed by atoms with Gasteiger partial charge in [-0.3, -0.25) is 23.7 Å². The highest BCUT2D eigenvalue weighted by Gasteiger charge is 2.23. The third-order valence-corrected chi connectivity index (χ3v) is 21.7. The molecule has 6 unspecified atom stereocenters. The maximum atomic E-state index is 11.7. The molecule has 0 saturated heterocycles. The quantitative estimate of drug-likeness (QED) is 0.0269. The molecule has 111 heavy (non-hydrogen) atoms. The zero-order valence-corrected chi connectivity index (χ0v) is 76.7. The van der Waals surface area contributed by atoms with Gasteiger partial charge in [-0.1, -0.05) is 275 Å². The Morgan fingerprint density at radius 1 is 0.459 bits per heavy atom. The van der Waals surface area contributed by atoms with Gasteiger partial charge in [0.15, 0.2) is 0 Å². The molecule has 622 valence electrons. The number of carbonyl (C=O) groups is 4. The van der Waals surface area contributed by atoms with Gasteiger partial charge in [0.2, 0.25) is 23.6 Å². The number of benzene rings is 6. The molecule has 0 heterocycles. The molecule has 0 saturated carbocycles. The number of amides is 4. The van der Waals surface area contributed by atoms with Gasteiger partial charge in [-0.2, -0.15) is 11.8 Å². The molecule has 6 rings (SSSR count). The second kappa shape index (κ2) is 56.4. The number of halogens is 2. The fourth-order valence-corrected chi connectivity index (χ4v) is 12.1. The first-order valence-corrected chi connectivity index (χ1v) is 41.5. The predicted octanol–water partition coefficient (Wildman–Crippen LogP) is 15.4. The molecular formula is C96H156Cl2N8O4S+2. The first-order chi connectivity index (χ1) is 51.0. The van der Waals surface area contributed by atoms with Crippen molar-refractivity contribution in [2.24, 2.45) is 34.6 Å². The van der Waals surface area contributed by atoms with Crippen LogP contribution in [0.5, 0.6) is 0 Å². The van der Waals surface area contributed by atoms with E-state index < -0.39 is 0 Å². The summed E-state index contributed by atoms with van der Waals surface area (Å²) < 4.78 is 3.80. The van der Waals surface area contributed by atoms with Crippen LogP contribution in [0.2, 0.25) is 0 Å². The van der Waals surface area contributed by atoms with Crippen molar-refractivity contribution in [3.05, 3.63) is 227 Å². The van der Waals surface area contributed by atoms with Crippen molar-refractivity contribution in [1.29, 1.82) is 0 Å². The van der Waals surface area contributed by atoms with Crippen LogP contribution in [0.4, 0.5) is 5.69 Å². The van der Waals surface area contributed by atoms with E-state index in [-0.39, 0.29) is 71.6 Å². The monoisotopic (exact) mass is 1590 g/mol. The predicted molar refractivity (Wildman–Crippen MR) is 479 cm³/mol. The van der Waals surface area contributed by atoms with Gasteiger partial charge in [-0.15, -0.1) is 0 Å². The summed E-state index contributed by atoms with van der Waals surface area (Å²) in [4.78, 5) is 45.0. The van der Waals surface area contributed by atoms with Gasteiger partial charge in [0.25, 0.3) is 0 Å². The molecule has 0 bridgehead atoms. The summed E-state index contributed by atoms with van der Waals surface area (Å²) >= 11 is 2.01. The molecule has 0 aromatic heterocycles. The van der Waals surface area contributed by atoms with Gasteiger partial charge in [0, 0.05) is 84.0 Å². The maximum absolute atomic E-state index is 11.7. The van der Waals surface area contributed by atoms with Crippen LogP contribution in [0.25, 0.3) is 18.2 Å². The molecule has 0 spiro atoms. The zero-order chi connectivity index (χ0) is 83.3. The summed E-state index contributed by atoms with van der Waals surface area (Å²) in [5, 5.41) is 3.02. The van der Waals surface area contributed by atoms with E-state index in [0.717, 1.165) is 113 Å². The number of thioether (sulfide) groups is 1. The number of primary amides is 2. The Labute approximate surface area is 696 Å². The lowest BCUT2D eigenvalue weighted by molar-refractivity contribution is -0.916. The average Bonchev–Trinajstić information content (AvgIpc) is 0.838. The van der Waals surface area contributed by atoms with E-state index in [0.29, 0.717) is 17.8 Å². The molecule has 0 aliphatic carbocycles. The molecule has 6 aromatic carbocycles. The van der Waals surface area contributed by atoms with Crippen LogP contribution in [-0.2, 0) is 51.1 Å². The Hall–Kier alpha value is -6.81. The van der Waals surface area contributed by atoms with Gasteiger partial charge < -0.3 is 59.9 Å². The highest BCUT2D eigenvalue weighted by Crippen LogP contribution is 2.27. The normalized spacial score (nSPS) is 12.7. The fraction of sp³-hybridized carbons (Fsp3) is 0.521. The van der Waals surface area contributed by atoms with Crippen LogP contribution < -0.4 is 46.1 Å². The van der Waals surface area contributed by atoms with Crippen LogP contribution in [0.15, 0.2) is 165 Å². The maximum Gasteiger partial charge on any atom is 0.224 e. The topological polar surface area (TPSA) is 136 Å². The first-order valence-electron chi connectivity index (χ1n) is 40.3. The minimum Gasteiger partial charge on any atom is -1.00 e. The zero-order valence-electron chi connectivity index (χ0n) is 74.4. The van der Waals surface area contributed by atoms with Crippen molar-refractivity contribution in [2.45, 2.75) is 205 Å². The molecule has 0 radical (unpaired) electrons. The lowest BCUT2D eigenvalue weighted by Gasteiger charge is -2.30. The number of carbonyl (C=O) groups excluding carboxylic acids is 4. The van der Waals surface area contributed by atoms with Crippen molar-refractivity contribution < 1.29 is 57.4 Å². The molecule has 5 N–H and O–H groups in total. The SMILES string of the molecule is C=Cc1ccc(CSCC[N+](C)(C)c2ccc(C(C)CC)cc2)cc1.C=Cc1ccc(C[N+](C)(C)CCCNC(=O)C(C)CC)cc1.C=Cc1ccc(C[N+](C)(C)Cc2ccc(C(C)CC)cc2)cc1.CCC(C)(C)C(N)=O.CCC(C)C(=O)N(C)C.CCC(C)C(N)=O.CCC(C)c1ccc(C[N+](C)(C)C)cc1.[Cl-].[Cl-]. The Bertz CT molecular complexity index is 3510. The van der Waals surface area contributed by atoms with Crippen molar-refractivity contribution in [2.75, 3.05) is 103 Å². The van der Waals surface area contributed by atoms with E-state index in [1.165, 1.54) is 80.6 Å². The Balaban J connectivity index is -0.00000128. The highest BCUT2D eigenvalue weighted by atomic mass is 35.5. The molecule has 15 heteroatoms. The number of quaternary nitrogens is 4. The number of nitrogens with zero attached hydrogens (tertiary/aromatic N) is 5. The number of hydrogen-bond donors (Lipinski definition) is 3. The third-order valence-electron chi connectivity index (χ3n) is 20.7. The Morgan fingerprint density at radius 3 is 1.07 bits per heavy atom. The van der Waals surface area contributed by atoms with E-state index in [9.17, 15) is 19.2 Å². The van der Waals surface area contributed by atoms with E-state index in [1.807, 2.05) is 92.3 Å². The molecule has 12 nitrogen and oxygen atoms in total. The van der Waals surface area contributed by atoms with E-state index in [1.54, 1.807) is 19.0 Å². The molecule has 0 aliphatic heterocycles. The molecule has 4 amide bonds. The van der Waals surface area contributed by atoms with Crippen molar-refractivity contribution in [3.8, 4) is 0 Å². The Kier molecular flexibility index (Phi) is 55.1. The number of nitrogens with one attached hydrogen (secondary N) is 1. The van der Waals surface area contributed by atoms with E-state index in [2.05, 4.69) is 276 Å². The van der Waals surface area contributed by atoms with Crippen molar-refractivity contribution in [1.82, 2.24) is 14.7 Å². The van der Waals surface area contributed by atoms with Crippen LogP contribution >= 0.6 is 11.8 Å². The van der Waals surface area contributed by atoms with Gasteiger partial charge in [-0.05, 0) is 114 Å². The standard InChI is InChI=1S/C23H32NS.C22H30N.C19H30N2O.C14H24N.C7H15NO.C6H13NO.C5H11NO.2ClH/c1-6-19(3)22-12-14-23(15-13-22)24(4,5)16-17-25-18-21-10-8-20(7-2)9-11-21;1-6-18(3)22-14-12-21(13-15-22)17-23(4,5)16-20-10-8-19(7-2)9-11-20;1-6-16(3)19(22)20-13-8-14-21(4,5)15-18-11-9-17(7-2)10-12-18;1-6-12(2)14-9-7-13(8-10-14)11-15(3,4)5;1-5-6(2)7(9)8(3)4;1-4-6(2,3)5(7)8;1-3-4(2)5(6)7;;/h7-15,19H,2,6,16-18H2,1,3-5H3;7-15,18H,2,6,16-17H2,1,3-5H3;7,9-12,16H,2,6,8,13-15H2,1,3-5H3;7-10,12H,6,11H2,1-5H3;6H,5H2,1-4H3;4H2,1-3H3,(H2,7,8);4H,3H2,1-2H3,(H2,6,7);2*1H/q2*+1;;+1;;;;;/p-1. The summed E-state index contributed by atoms with van der Waals surface area (Å²) in [7, 11) is 23.9. The van der Waals surface area contributed by atoms with Crippen LogP contribution in [0, 0.1) is 23.2 Å². The lowest BCUT2D eigenvalue weighted by Crippen LogP contribution is -3.00. The van der Waals surface area contributed by atoms with Crippen LogP contribution in [0.1, 0.15) is 234 Å². The molecule has 0 aliphatic rings. The van der Waals surface area contributed by atoms with E-state index in [4.69, 9.17) is 11.5 Å². The average molecular weight is 1590 g/mol. The fourth-order valence-electron chi connectivity index (χ4n) is 10.9. The highest BCUT2D eigenvalue weighted by molar-refractivity contribution is 7.98. The number of hydrogen-bond acceptors (Lipinski definition) is 5. The number of rotatable bonds is 35. The molecule has 0 fully saturated rings. The van der Waals surface area contributed by atoms with Gasteiger partial charge in [-0.25, -0.2) is 0 Å². The number of nitrogens with two attached hydrogens (primary N) is 2. The minimum absolute atomic E-state index is 0. The third kappa shape index (κ3) is 46.8. The summed E-state index contributed by atoms with van der Waals surface area (Å²) in [6.07, 6.45) is 13.7. The summed E-state index contributed by atoms with van der Waals surface area (Å²) in [6, 6.07) is 53.4. The smallest absolute Gasteiger partial charge is 0.224 e. The summed E-state index contributed by atoms with van der Waals surface area (Å²) in [5.74, 6) is 4.51. The summed E-state index contributed by atoms with van der Waals surface area (Å²) in [5.41, 5.74) is 25.8. The van der Waals surface area contributed by atoms with Crippen molar-refractivity contribution in [3.63, 3.8) is 0 Å². The van der Waals surface area contributed by atoms with Crippen molar-refractivity contribution >= 4 is 59.3 Å². The largest absolute Gasteiger partial charge is 1.00 e. The summed E-state index contributed by atoms with van der Waals surface area (Å²) in [6.45, 7) is 49.5. The van der Waals surface area contributed by atoms with Crippen LogP contribution in [-0.4, -0.2) is 145 Å². The molecule has 6 atom stereocenters. The molecule has 6 aromatic rings. The van der Waals surface area contributed by atoms with Gasteiger partial charge >= 0.3 is 0 Å². The van der Waals surface area contributed by atoms with E-state index >= 15 is 0 Å². The lowest BCUT2D eigenvalue weighted by atomic mass is 9.90. The Morgan fingerprint density at radius 2 is 0.793 bits per heavy atom. The van der Waals surface area contributed by atoms with Crippen LogP contribution in [0.3, 0.4) is 0 Å².